The van der Waals surface area contributed by atoms with Crippen LogP contribution in [0.5, 0.6) is 12.0 Å². The summed E-state index contributed by atoms with van der Waals surface area (Å²) in [5, 5.41) is 12.7. The third-order valence-electron chi connectivity index (χ3n) is 3.81. The predicted octanol–water partition coefficient (Wildman–Crippen LogP) is 1.36. The van der Waals surface area contributed by atoms with Crippen molar-refractivity contribution in [2.75, 3.05) is 25.3 Å². The third-order valence-corrected chi connectivity index (χ3v) is 3.81. The molecule has 0 spiro atoms. The number of aliphatic carboxylic acids is 1. The maximum atomic E-state index is 12.0. The molecule has 0 unspecified atom stereocenters. The fraction of sp³-hybridized carbons (Fsp3) is 0.375. The Morgan fingerprint density at radius 3 is 2.16 bits per heavy atom. The molecule has 1 aromatic carbocycles. The molecule has 9 heteroatoms. The van der Waals surface area contributed by atoms with Crippen molar-refractivity contribution in [2.24, 2.45) is 0 Å². The van der Waals surface area contributed by atoms with E-state index < -0.39 is 11.5 Å². The SMILES string of the molecule is CC[C@@](Cc1ccc(N)cc1)(Nc1nc(OC)nc(OC)n1)C(=O)O. The Hall–Kier alpha value is -3.10. The Labute approximate surface area is 145 Å². The summed E-state index contributed by atoms with van der Waals surface area (Å²) in [5.74, 6) is -0.964. The molecular formula is C16H21N5O4. The minimum Gasteiger partial charge on any atom is -0.479 e. The van der Waals surface area contributed by atoms with E-state index in [0.717, 1.165) is 5.56 Å². The highest BCUT2D eigenvalue weighted by Crippen LogP contribution is 2.24. The number of nitrogens with zero attached hydrogens (tertiary/aromatic N) is 3. The van der Waals surface area contributed by atoms with Crippen LogP contribution in [0.25, 0.3) is 0 Å². The van der Waals surface area contributed by atoms with Gasteiger partial charge in [-0.25, -0.2) is 4.79 Å². The van der Waals surface area contributed by atoms with Crippen LogP contribution in [0, 0.1) is 0 Å². The molecule has 0 amide bonds. The van der Waals surface area contributed by atoms with Gasteiger partial charge in [0.15, 0.2) is 0 Å². The zero-order chi connectivity index (χ0) is 18.4. The summed E-state index contributed by atoms with van der Waals surface area (Å²) < 4.78 is 9.99. The lowest BCUT2D eigenvalue weighted by molar-refractivity contribution is -0.142. The summed E-state index contributed by atoms with van der Waals surface area (Å²) in [4.78, 5) is 24.0. The number of methoxy groups -OCH3 is 2. The van der Waals surface area contributed by atoms with Gasteiger partial charge in [0.25, 0.3) is 0 Å². The molecule has 2 aromatic rings. The van der Waals surface area contributed by atoms with E-state index in [1.807, 2.05) is 0 Å². The standard InChI is InChI=1S/C16H21N5O4/c1-4-16(12(22)23,9-10-5-7-11(17)8-6-10)21-13-18-14(24-2)20-15(19-13)25-3/h5-8H,4,9,17H2,1-3H3,(H,22,23)(H,18,19,20,21)/t16-/m0/s1. The first-order valence-electron chi connectivity index (χ1n) is 7.62. The summed E-state index contributed by atoms with van der Waals surface area (Å²) >= 11 is 0. The maximum absolute atomic E-state index is 12.0. The van der Waals surface area contributed by atoms with Crippen LogP contribution < -0.4 is 20.5 Å². The minimum absolute atomic E-state index is 0.0252. The number of carboxylic acids is 1. The smallest absolute Gasteiger partial charge is 0.329 e. The van der Waals surface area contributed by atoms with E-state index in [0.29, 0.717) is 12.1 Å². The van der Waals surface area contributed by atoms with E-state index in [1.165, 1.54) is 14.2 Å². The molecule has 1 atom stereocenters. The van der Waals surface area contributed by atoms with Gasteiger partial charge in [0, 0.05) is 12.1 Å². The molecule has 1 aromatic heterocycles. The van der Waals surface area contributed by atoms with Gasteiger partial charge in [-0.2, -0.15) is 9.97 Å². The minimum atomic E-state index is -1.31. The summed E-state index contributed by atoms with van der Waals surface area (Å²) in [5.41, 5.74) is 5.80. The summed E-state index contributed by atoms with van der Waals surface area (Å²) in [6.45, 7) is 1.77. The summed E-state index contributed by atoms with van der Waals surface area (Å²) in [7, 11) is 2.80. The molecule has 9 nitrogen and oxygen atoms in total. The van der Waals surface area contributed by atoms with E-state index in [4.69, 9.17) is 15.2 Å². The number of carbonyl (C=O) groups is 1. The monoisotopic (exact) mass is 347 g/mol. The molecule has 0 fully saturated rings. The first-order chi connectivity index (χ1) is 11.9. The number of rotatable bonds is 8. The zero-order valence-electron chi connectivity index (χ0n) is 14.3. The maximum Gasteiger partial charge on any atom is 0.329 e. The van der Waals surface area contributed by atoms with Crippen LogP contribution in [0.4, 0.5) is 11.6 Å². The number of anilines is 2. The molecule has 0 bridgehead atoms. The molecule has 0 saturated heterocycles. The van der Waals surface area contributed by atoms with Crippen molar-refractivity contribution in [2.45, 2.75) is 25.3 Å². The second-order valence-electron chi connectivity index (χ2n) is 5.42. The lowest BCUT2D eigenvalue weighted by Gasteiger charge is -2.29. The highest BCUT2D eigenvalue weighted by Gasteiger charge is 2.38. The van der Waals surface area contributed by atoms with Crippen LogP contribution in [0.3, 0.4) is 0 Å². The van der Waals surface area contributed by atoms with Crippen molar-refractivity contribution in [3.8, 4) is 12.0 Å². The van der Waals surface area contributed by atoms with Crippen molar-refractivity contribution in [3.05, 3.63) is 29.8 Å². The van der Waals surface area contributed by atoms with Gasteiger partial charge in [-0.15, -0.1) is 4.98 Å². The fourth-order valence-corrected chi connectivity index (χ4v) is 2.31. The van der Waals surface area contributed by atoms with Gasteiger partial charge in [-0.1, -0.05) is 19.1 Å². The molecule has 25 heavy (non-hydrogen) atoms. The number of carboxylic acid groups (broad SMARTS) is 1. The van der Waals surface area contributed by atoms with E-state index >= 15 is 0 Å². The lowest BCUT2D eigenvalue weighted by Crippen LogP contribution is -2.48. The summed E-state index contributed by atoms with van der Waals surface area (Å²) in [6, 6.07) is 7.09. The first kappa shape index (κ1) is 18.2. The van der Waals surface area contributed by atoms with Crippen molar-refractivity contribution >= 4 is 17.6 Å². The van der Waals surface area contributed by atoms with E-state index in [9.17, 15) is 9.90 Å². The number of hydrogen-bond acceptors (Lipinski definition) is 8. The first-order valence-corrected chi connectivity index (χ1v) is 7.62. The molecule has 0 aliphatic heterocycles. The number of nitrogens with two attached hydrogens (primary N) is 1. The van der Waals surface area contributed by atoms with Crippen molar-refractivity contribution in [1.29, 1.82) is 0 Å². The van der Waals surface area contributed by atoms with Crippen LogP contribution >= 0.6 is 0 Å². The van der Waals surface area contributed by atoms with Crippen LogP contribution in [0.15, 0.2) is 24.3 Å². The Morgan fingerprint density at radius 1 is 1.16 bits per heavy atom. The normalized spacial score (nSPS) is 12.9. The largest absolute Gasteiger partial charge is 0.479 e. The topological polar surface area (TPSA) is 132 Å². The molecule has 1 heterocycles. The second kappa shape index (κ2) is 7.65. The molecule has 0 aliphatic rings. The second-order valence-corrected chi connectivity index (χ2v) is 5.42. The Morgan fingerprint density at radius 2 is 1.72 bits per heavy atom. The molecular weight excluding hydrogens is 326 g/mol. The molecule has 0 saturated carbocycles. The van der Waals surface area contributed by atoms with Gasteiger partial charge in [0.05, 0.1) is 14.2 Å². The van der Waals surface area contributed by atoms with E-state index in [-0.39, 0.29) is 24.4 Å². The van der Waals surface area contributed by atoms with Crippen molar-refractivity contribution in [1.82, 2.24) is 15.0 Å². The Balaban J connectivity index is 2.37. The highest BCUT2D eigenvalue weighted by atomic mass is 16.5. The van der Waals surface area contributed by atoms with E-state index in [2.05, 4.69) is 20.3 Å². The molecule has 134 valence electrons. The number of aromatic nitrogens is 3. The van der Waals surface area contributed by atoms with Gasteiger partial charge in [0.1, 0.15) is 5.54 Å². The van der Waals surface area contributed by atoms with Gasteiger partial charge in [-0.3, -0.25) is 0 Å². The van der Waals surface area contributed by atoms with Gasteiger partial charge in [-0.05, 0) is 24.1 Å². The number of nitrogen functional groups attached to an aromatic ring is 1. The zero-order valence-corrected chi connectivity index (χ0v) is 14.3. The predicted molar refractivity (Wildman–Crippen MR) is 91.8 cm³/mol. The Bertz CT molecular complexity index is 716. The molecule has 2 rings (SSSR count). The van der Waals surface area contributed by atoms with Gasteiger partial charge < -0.3 is 25.6 Å². The van der Waals surface area contributed by atoms with Crippen molar-refractivity contribution in [3.63, 3.8) is 0 Å². The van der Waals surface area contributed by atoms with Crippen LogP contribution in [0.2, 0.25) is 0 Å². The van der Waals surface area contributed by atoms with Crippen LogP contribution in [0.1, 0.15) is 18.9 Å². The Kier molecular flexibility index (Phi) is 5.58. The van der Waals surface area contributed by atoms with Gasteiger partial charge in [0.2, 0.25) is 5.95 Å². The number of benzene rings is 1. The highest BCUT2D eigenvalue weighted by molar-refractivity contribution is 5.82. The number of hydrogen-bond donors (Lipinski definition) is 3. The van der Waals surface area contributed by atoms with Crippen LogP contribution in [-0.4, -0.2) is 45.8 Å². The fourth-order valence-electron chi connectivity index (χ4n) is 2.31. The number of ether oxygens (including phenoxy) is 2. The van der Waals surface area contributed by atoms with Gasteiger partial charge >= 0.3 is 18.0 Å². The average Bonchev–Trinajstić information content (AvgIpc) is 2.62. The number of nitrogens with one attached hydrogen (secondary N) is 1. The average molecular weight is 347 g/mol. The van der Waals surface area contributed by atoms with Crippen LogP contribution in [-0.2, 0) is 11.2 Å². The third kappa shape index (κ3) is 4.25. The quantitative estimate of drug-likeness (QED) is 0.605. The summed E-state index contributed by atoms with van der Waals surface area (Å²) in [6.07, 6.45) is 0.512. The van der Waals surface area contributed by atoms with E-state index in [1.54, 1.807) is 31.2 Å². The molecule has 4 N–H and O–H groups in total. The lowest BCUT2D eigenvalue weighted by atomic mass is 9.88. The van der Waals surface area contributed by atoms with Crippen molar-refractivity contribution < 1.29 is 19.4 Å². The molecule has 0 aliphatic carbocycles. The molecule has 0 radical (unpaired) electrons.